The van der Waals surface area contributed by atoms with Crippen LogP contribution in [-0.2, 0) is 4.74 Å². The predicted molar refractivity (Wildman–Crippen MR) is 111 cm³/mol. The zero-order valence-corrected chi connectivity index (χ0v) is 18.0. The molecule has 0 saturated carbocycles. The lowest BCUT2D eigenvalue weighted by Crippen LogP contribution is -2.41. The highest BCUT2D eigenvalue weighted by molar-refractivity contribution is 14.0. The Hall–Kier alpha value is -1.23. The first-order valence-electron chi connectivity index (χ1n) is 8.59. The van der Waals surface area contributed by atoms with E-state index in [0.29, 0.717) is 6.54 Å². The fourth-order valence-electron chi connectivity index (χ4n) is 3.16. The van der Waals surface area contributed by atoms with E-state index in [1.54, 1.807) is 6.07 Å². The molecule has 0 amide bonds. The Morgan fingerprint density at radius 1 is 1.30 bits per heavy atom. The quantitative estimate of drug-likeness (QED) is 0.355. The van der Waals surface area contributed by atoms with Crippen molar-refractivity contribution in [3.05, 3.63) is 24.3 Å². The number of hydrogen-bond acceptors (Lipinski definition) is 3. The van der Waals surface area contributed by atoms with Crippen LogP contribution in [0.1, 0.15) is 33.6 Å². The van der Waals surface area contributed by atoms with Crippen LogP contribution < -0.4 is 15.8 Å². The average Bonchev–Trinajstić information content (AvgIpc) is 2.53. The Morgan fingerprint density at radius 3 is 2.59 bits per heavy atom. The highest BCUT2D eigenvalue weighted by Gasteiger charge is 2.35. The van der Waals surface area contributed by atoms with Crippen LogP contribution >= 0.6 is 24.0 Å². The first-order chi connectivity index (χ1) is 12.1. The third-order valence-electron chi connectivity index (χ3n) is 4.17. The molecule has 0 spiro atoms. The molecule has 1 fully saturated rings. The SMILES string of the molecule is CC(C)(C)C1OCCCC1CN=C(N)Nc1ccccc1OC(F)(F)F.I. The maximum absolute atomic E-state index is 12.5. The molecule has 1 saturated heterocycles. The van der Waals surface area contributed by atoms with E-state index in [1.807, 2.05) is 0 Å². The van der Waals surface area contributed by atoms with Gasteiger partial charge in [0.15, 0.2) is 11.7 Å². The molecule has 1 aliphatic rings. The van der Waals surface area contributed by atoms with Crippen molar-refractivity contribution in [3.63, 3.8) is 0 Å². The summed E-state index contributed by atoms with van der Waals surface area (Å²) in [6.07, 6.45) is -2.77. The van der Waals surface area contributed by atoms with E-state index in [-0.39, 0.29) is 58.8 Å². The van der Waals surface area contributed by atoms with E-state index >= 15 is 0 Å². The number of halogens is 4. The lowest BCUT2D eigenvalue weighted by molar-refractivity contribution is -0.274. The summed E-state index contributed by atoms with van der Waals surface area (Å²) in [7, 11) is 0. The first kappa shape index (κ1) is 23.8. The predicted octanol–water partition coefficient (Wildman–Crippen LogP) is 4.77. The number of nitrogens with two attached hydrogens (primary N) is 1. The molecule has 1 aliphatic heterocycles. The molecule has 0 radical (unpaired) electrons. The van der Waals surface area contributed by atoms with E-state index < -0.39 is 6.36 Å². The molecule has 2 rings (SSSR count). The monoisotopic (exact) mass is 501 g/mol. The van der Waals surface area contributed by atoms with Crippen molar-refractivity contribution in [2.24, 2.45) is 22.1 Å². The van der Waals surface area contributed by atoms with Crippen LogP contribution in [0, 0.1) is 11.3 Å². The molecule has 5 nitrogen and oxygen atoms in total. The third kappa shape index (κ3) is 7.73. The van der Waals surface area contributed by atoms with E-state index in [2.05, 4.69) is 35.8 Å². The molecule has 154 valence electrons. The van der Waals surface area contributed by atoms with Crippen LogP contribution in [-0.4, -0.2) is 31.6 Å². The zero-order chi connectivity index (χ0) is 19.4. The number of nitrogens with zero attached hydrogens (tertiary/aromatic N) is 1. The highest BCUT2D eigenvalue weighted by atomic mass is 127. The van der Waals surface area contributed by atoms with E-state index in [4.69, 9.17) is 10.5 Å². The van der Waals surface area contributed by atoms with E-state index in [1.165, 1.54) is 18.2 Å². The van der Waals surface area contributed by atoms with Gasteiger partial charge in [-0.15, -0.1) is 37.1 Å². The van der Waals surface area contributed by atoms with Crippen LogP contribution in [0.15, 0.2) is 29.3 Å². The maximum atomic E-state index is 12.5. The van der Waals surface area contributed by atoms with Gasteiger partial charge >= 0.3 is 6.36 Å². The van der Waals surface area contributed by atoms with Gasteiger partial charge in [-0.25, -0.2) is 0 Å². The number of anilines is 1. The fourth-order valence-corrected chi connectivity index (χ4v) is 3.16. The van der Waals surface area contributed by atoms with Gasteiger partial charge in [0.2, 0.25) is 0 Å². The molecule has 3 N–H and O–H groups in total. The summed E-state index contributed by atoms with van der Waals surface area (Å²) in [5, 5.41) is 2.69. The molecule has 27 heavy (non-hydrogen) atoms. The Labute approximate surface area is 174 Å². The molecule has 0 aromatic heterocycles. The van der Waals surface area contributed by atoms with Crippen molar-refractivity contribution in [3.8, 4) is 5.75 Å². The van der Waals surface area contributed by atoms with Crippen LogP contribution in [0.4, 0.5) is 18.9 Å². The molecule has 1 aromatic carbocycles. The summed E-state index contributed by atoms with van der Waals surface area (Å²) < 4.78 is 47.3. The minimum absolute atomic E-state index is 0. The van der Waals surface area contributed by atoms with E-state index in [9.17, 15) is 13.2 Å². The summed E-state index contributed by atoms with van der Waals surface area (Å²) in [6, 6.07) is 5.70. The molecule has 2 unspecified atom stereocenters. The van der Waals surface area contributed by atoms with Gasteiger partial charge in [-0.1, -0.05) is 32.9 Å². The molecule has 2 atom stereocenters. The fraction of sp³-hybridized carbons (Fsp3) is 0.611. The Morgan fingerprint density at radius 2 is 1.96 bits per heavy atom. The third-order valence-corrected chi connectivity index (χ3v) is 4.17. The lowest BCUT2D eigenvalue weighted by Gasteiger charge is -2.39. The van der Waals surface area contributed by atoms with Crippen molar-refractivity contribution in [2.45, 2.75) is 46.1 Å². The zero-order valence-electron chi connectivity index (χ0n) is 15.7. The summed E-state index contributed by atoms with van der Waals surface area (Å²) in [4.78, 5) is 4.31. The molecular weight excluding hydrogens is 474 g/mol. The van der Waals surface area contributed by atoms with Gasteiger partial charge in [0.1, 0.15) is 0 Å². The number of guanidine groups is 1. The van der Waals surface area contributed by atoms with Gasteiger partial charge in [-0.2, -0.15) is 0 Å². The lowest BCUT2D eigenvalue weighted by atomic mass is 9.78. The minimum atomic E-state index is -4.77. The first-order valence-corrected chi connectivity index (χ1v) is 8.59. The van der Waals surface area contributed by atoms with Gasteiger partial charge in [-0.3, -0.25) is 4.99 Å². The van der Waals surface area contributed by atoms with Crippen molar-refractivity contribution in [1.29, 1.82) is 0 Å². The van der Waals surface area contributed by atoms with Gasteiger partial charge < -0.3 is 20.5 Å². The van der Waals surface area contributed by atoms with Crippen molar-refractivity contribution >= 4 is 35.6 Å². The van der Waals surface area contributed by atoms with Crippen LogP contribution in [0.25, 0.3) is 0 Å². The molecular formula is C18H27F3IN3O2. The standard InChI is InChI=1S/C18H26F3N3O2.HI/c1-17(2,3)15-12(7-6-10-25-15)11-23-16(22)24-13-8-4-5-9-14(13)26-18(19,20)21;/h4-5,8-9,12,15H,6-7,10-11H2,1-3H3,(H3,22,23,24);1H. The Balaban J connectivity index is 0.00000364. The topological polar surface area (TPSA) is 68.9 Å². The second kappa shape index (κ2) is 9.81. The maximum Gasteiger partial charge on any atom is 0.573 e. The van der Waals surface area contributed by atoms with E-state index in [0.717, 1.165) is 19.4 Å². The highest BCUT2D eigenvalue weighted by Crippen LogP contribution is 2.34. The number of rotatable bonds is 4. The number of hydrogen-bond donors (Lipinski definition) is 2. The molecule has 0 aliphatic carbocycles. The summed E-state index contributed by atoms with van der Waals surface area (Å²) in [6.45, 7) is 7.53. The van der Waals surface area contributed by atoms with Gasteiger partial charge in [0.25, 0.3) is 0 Å². The van der Waals surface area contributed by atoms with Gasteiger partial charge in [0.05, 0.1) is 11.8 Å². The van der Waals surface area contributed by atoms with Crippen molar-refractivity contribution in [2.75, 3.05) is 18.5 Å². The number of nitrogens with one attached hydrogen (secondary N) is 1. The molecule has 1 heterocycles. The van der Waals surface area contributed by atoms with Crippen molar-refractivity contribution < 1.29 is 22.6 Å². The molecule has 9 heteroatoms. The summed E-state index contributed by atoms with van der Waals surface area (Å²) in [5.41, 5.74) is 5.96. The molecule has 0 bridgehead atoms. The number of ether oxygens (including phenoxy) is 2. The smallest absolute Gasteiger partial charge is 0.404 e. The number of alkyl halides is 3. The average molecular weight is 501 g/mol. The Bertz CT molecular complexity index is 633. The summed E-state index contributed by atoms with van der Waals surface area (Å²) in [5.74, 6) is -0.0982. The largest absolute Gasteiger partial charge is 0.573 e. The number of benzene rings is 1. The van der Waals surface area contributed by atoms with Crippen LogP contribution in [0.2, 0.25) is 0 Å². The second-order valence-corrected chi connectivity index (χ2v) is 7.45. The van der Waals surface area contributed by atoms with Gasteiger partial charge in [-0.05, 0) is 30.4 Å². The Kier molecular flexibility index (Phi) is 8.65. The van der Waals surface area contributed by atoms with Crippen LogP contribution in [0.3, 0.4) is 0 Å². The second-order valence-electron chi connectivity index (χ2n) is 7.45. The number of para-hydroxylation sites is 2. The number of aliphatic imine (C=N–C) groups is 1. The van der Waals surface area contributed by atoms with Crippen LogP contribution in [0.5, 0.6) is 5.75 Å². The van der Waals surface area contributed by atoms with Gasteiger partial charge in [0, 0.05) is 19.1 Å². The molecule has 1 aromatic rings. The van der Waals surface area contributed by atoms with Crippen molar-refractivity contribution in [1.82, 2.24) is 0 Å². The summed E-state index contributed by atoms with van der Waals surface area (Å²) >= 11 is 0. The normalized spacial score (nSPS) is 21.3. The minimum Gasteiger partial charge on any atom is -0.404 e.